The van der Waals surface area contributed by atoms with Gasteiger partial charge in [-0.25, -0.2) is 0 Å². The van der Waals surface area contributed by atoms with Crippen molar-refractivity contribution < 1.29 is 9.21 Å². The van der Waals surface area contributed by atoms with Crippen LogP contribution in [0.4, 0.5) is 0 Å². The fraction of sp³-hybridized carbons (Fsp3) is 0.0625. The summed E-state index contributed by atoms with van der Waals surface area (Å²) >= 11 is 3.22. The number of hydrogen-bond acceptors (Lipinski definition) is 2. The van der Waals surface area contributed by atoms with E-state index in [0.717, 1.165) is 16.3 Å². The molecule has 0 unspecified atom stereocenters. The summed E-state index contributed by atoms with van der Waals surface area (Å²) in [4.78, 5) is 12.5. The zero-order chi connectivity index (χ0) is 13.4. The van der Waals surface area contributed by atoms with Gasteiger partial charge in [0.15, 0.2) is 10.4 Å². The Balaban J connectivity index is 2.21. The molecular weight excluding hydrogens is 304 g/mol. The normalized spacial score (nSPS) is 10.8. The fourth-order valence-electron chi connectivity index (χ4n) is 2.22. The monoisotopic (exact) mass is 314 g/mol. The number of ketones is 1. The zero-order valence-corrected chi connectivity index (χ0v) is 11.9. The van der Waals surface area contributed by atoms with Gasteiger partial charge in [-0.15, -0.1) is 0 Å². The van der Waals surface area contributed by atoms with E-state index in [9.17, 15) is 4.79 Å². The Kier molecular flexibility index (Phi) is 2.99. The lowest BCUT2D eigenvalue weighted by Gasteiger charge is -2.06. The second-order valence-corrected chi connectivity index (χ2v) is 5.19. The maximum atomic E-state index is 12.5. The van der Waals surface area contributed by atoms with Crippen molar-refractivity contribution in [2.45, 2.75) is 6.92 Å². The van der Waals surface area contributed by atoms with Gasteiger partial charge >= 0.3 is 0 Å². The fourth-order valence-corrected chi connectivity index (χ4v) is 2.52. The van der Waals surface area contributed by atoms with E-state index in [1.165, 1.54) is 0 Å². The van der Waals surface area contributed by atoms with E-state index in [1.807, 2.05) is 43.3 Å². The maximum absolute atomic E-state index is 12.5. The highest BCUT2D eigenvalue weighted by Crippen LogP contribution is 2.25. The molecule has 0 fully saturated rings. The van der Waals surface area contributed by atoms with Crippen molar-refractivity contribution in [1.29, 1.82) is 0 Å². The van der Waals surface area contributed by atoms with Crippen LogP contribution in [0.1, 0.15) is 21.7 Å². The predicted octanol–water partition coefficient (Wildman–Crippen LogP) is 4.73. The third kappa shape index (κ3) is 2.10. The third-order valence-electron chi connectivity index (χ3n) is 3.18. The van der Waals surface area contributed by atoms with Gasteiger partial charge in [0.25, 0.3) is 0 Å². The molecule has 19 heavy (non-hydrogen) atoms. The van der Waals surface area contributed by atoms with Crippen molar-refractivity contribution in [1.82, 2.24) is 0 Å². The first-order valence-electron chi connectivity index (χ1n) is 5.95. The smallest absolute Gasteiger partial charge is 0.228 e. The molecule has 0 aliphatic carbocycles. The second-order valence-electron chi connectivity index (χ2n) is 4.41. The van der Waals surface area contributed by atoms with Gasteiger partial charge < -0.3 is 4.42 Å². The highest BCUT2D eigenvalue weighted by molar-refractivity contribution is 9.10. The molecule has 3 heteroatoms. The number of furan rings is 1. The van der Waals surface area contributed by atoms with Crippen LogP contribution in [-0.2, 0) is 0 Å². The Bertz CT molecular complexity index is 771. The Morgan fingerprint density at radius 3 is 2.42 bits per heavy atom. The molecule has 0 amide bonds. The predicted molar refractivity (Wildman–Crippen MR) is 78.5 cm³/mol. The zero-order valence-electron chi connectivity index (χ0n) is 10.3. The van der Waals surface area contributed by atoms with Crippen molar-refractivity contribution in [2.24, 2.45) is 0 Å². The van der Waals surface area contributed by atoms with E-state index in [2.05, 4.69) is 15.9 Å². The molecule has 2 aromatic carbocycles. The van der Waals surface area contributed by atoms with Gasteiger partial charge in [-0.1, -0.05) is 36.4 Å². The van der Waals surface area contributed by atoms with E-state index >= 15 is 0 Å². The van der Waals surface area contributed by atoms with Crippen molar-refractivity contribution in [2.75, 3.05) is 0 Å². The van der Waals surface area contributed by atoms with E-state index in [-0.39, 0.29) is 5.78 Å². The van der Waals surface area contributed by atoms with E-state index in [1.54, 1.807) is 12.1 Å². The van der Waals surface area contributed by atoms with Gasteiger partial charge in [-0.05, 0) is 51.3 Å². The van der Waals surface area contributed by atoms with Crippen molar-refractivity contribution in [3.8, 4) is 0 Å². The highest BCUT2D eigenvalue weighted by atomic mass is 79.9. The number of fused-ring (bicyclic) bond motifs is 1. The molecule has 2 nitrogen and oxygen atoms in total. The summed E-state index contributed by atoms with van der Waals surface area (Å²) in [6.45, 7) is 2.04. The quantitative estimate of drug-likeness (QED) is 0.640. The maximum Gasteiger partial charge on any atom is 0.228 e. The second kappa shape index (κ2) is 4.67. The lowest BCUT2D eigenvalue weighted by Crippen LogP contribution is -2.01. The summed E-state index contributed by atoms with van der Waals surface area (Å²) in [5, 5.41) is 2.05. The number of hydrogen-bond donors (Lipinski definition) is 0. The van der Waals surface area contributed by atoms with Crippen molar-refractivity contribution >= 4 is 32.5 Å². The average Bonchev–Trinajstić information content (AvgIpc) is 2.86. The lowest BCUT2D eigenvalue weighted by atomic mass is 9.97. The minimum Gasteiger partial charge on any atom is -0.446 e. The SMILES string of the molecule is Cc1ccc(C(=O)c2ccc(Br)o2)c2ccccc12. The number of aryl methyl sites for hydroxylation is 1. The summed E-state index contributed by atoms with van der Waals surface area (Å²) in [5.41, 5.74) is 1.83. The molecule has 0 aliphatic heterocycles. The minimum absolute atomic E-state index is 0.0955. The molecule has 0 radical (unpaired) electrons. The van der Waals surface area contributed by atoms with Crippen LogP contribution < -0.4 is 0 Å². The third-order valence-corrected chi connectivity index (χ3v) is 3.61. The van der Waals surface area contributed by atoms with Gasteiger partial charge in [0.05, 0.1) is 0 Å². The van der Waals surface area contributed by atoms with Gasteiger partial charge in [-0.2, -0.15) is 0 Å². The van der Waals surface area contributed by atoms with Crippen LogP contribution in [0.5, 0.6) is 0 Å². The summed E-state index contributed by atoms with van der Waals surface area (Å²) < 4.78 is 5.91. The first-order chi connectivity index (χ1) is 9.16. The van der Waals surface area contributed by atoms with Gasteiger partial charge in [0.2, 0.25) is 5.78 Å². The molecule has 3 aromatic rings. The molecule has 0 saturated heterocycles. The topological polar surface area (TPSA) is 30.2 Å². The first-order valence-corrected chi connectivity index (χ1v) is 6.74. The number of benzene rings is 2. The molecule has 0 bridgehead atoms. The van der Waals surface area contributed by atoms with Crippen molar-refractivity contribution in [3.63, 3.8) is 0 Å². The highest BCUT2D eigenvalue weighted by Gasteiger charge is 2.16. The molecular formula is C16H11BrO2. The molecule has 0 aliphatic rings. The molecule has 1 aromatic heterocycles. The molecule has 1 heterocycles. The number of rotatable bonds is 2. The molecule has 94 valence electrons. The van der Waals surface area contributed by atoms with Crippen LogP contribution in [0.25, 0.3) is 10.8 Å². The summed E-state index contributed by atoms with van der Waals surface area (Å²) in [5.74, 6) is 0.253. The van der Waals surface area contributed by atoms with E-state index in [4.69, 9.17) is 4.42 Å². The summed E-state index contributed by atoms with van der Waals surface area (Å²) in [6.07, 6.45) is 0. The van der Waals surface area contributed by atoms with Crippen LogP contribution >= 0.6 is 15.9 Å². The van der Waals surface area contributed by atoms with Crippen LogP contribution in [0.15, 0.2) is 57.6 Å². The molecule has 0 saturated carbocycles. The number of carbonyl (C=O) groups excluding carboxylic acids is 1. The Hall–Kier alpha value is -1.87. The van der Waals surface area contributed by atoms with Gasteiger partial charge in [0, 0.05) is 5.56 Å². The van der Waals surface area contributed by atoms with Crippen LogP contribution in [0.3, 0.4) is 0 Å². The largest absolute Gasteiger partial charge is 0.446 e. The Morgan fingerprint density at radius 2 is 1.74 bits per heavy atom. The molecule has 3 rings (SSSR count). The minimum atomic E-state index is -0.0955. The van der Waals surface area contributed by atoms with Crippen LogP contribution in [-0.4, -0.2) is 5.78 Å². The molecule has 0 atom stereocenters. The van der Waals surface area contributed by atoms with Gasteiger partial charge in [0.1, 0.15) is 0 Å². The summed E-state index contributed by atoms with van der Waals surface area (Å²) in [7, 11) is 0. The Labute approximate surface area is 119 Å². The molecule has 0 spiro atoms. The average molecular weight is 315 g/mol. The van der Waals surface area contributed by atoms with Crippen molar-refractivity contribution in [3.05, 3.63) is 70.1 Å². The standard InChI is InChI=1S/C16H11BrO2/c1-10-6-7-13(12-5-3-2-4-11(10)12)16(18)14-8-9-15(17)19-14/h2-9H,1H3. The van der Waals surface area contributed by atoms with Gasteiger partial charge in [-0.3, -0.25) is 4.79 Å². The first kappa shape index (κ1) is 12.2. The van der Waals surface area contributed by atoms with Crippen LogP contribution in [0, 0.1) is 6.92 Å². The summed E-state index contributed by atoms with van der Waals surface area (Å²) in [6, 6.07) is 15.1. The molecule has 0 N–H and O–H groups in total. The lowest BCUT2D eigenvalue weighted by molar-refractivity contribution is 0.101. The van der Waals surface area contributed by atoms with E-state index in [0.29, 0.717) is 16.0 Å². The number of halogens is 1. The van der Waals surface area contributed by atoms with E-state index < -0.39 is 0 Å². The Morgan fingerprint density at radius 1 is 1.00 bits per heavy atom. The van der Waals surface area contributed by atoms with Crippen LogP contribution in [0.2, 0.25) is 0 Å². The number of carbonyl (C=O) groups is 1.